The Bertz CT molecular complexity index is 275. The highest BCUT2D eigenvalue weighted by molar-refractivity contribution is 5.10. The summed E-state index contributed by atoms with van der Waals surface area (Å²) in [5.74, 6) is -1.73. The zero-order chi connectivity index (χ0) is 8.43. The van der Waals surface area contributed by atoms with Crippen molar-refractivity contribution < 1.29 is 9.85 Å². The van der Waals surface area contributed by atoms with Crippen LogP contribution in [0.1, 0.15) is 0 Å². The predicted octanol–water partition coefficient (Wildman–Crippen LogP) is -0.750. The third kappa shape index (κ3) is 1.26. The molecule has 0 aliphatic heterocycles. The topological polar surface area (TPSA) is 126 Å². The van der Waals surface area contributed by atoms with Crippen LogP contribution < -0.4 is 4.98 Å². The molecule has 0 aliphatic carbocycles. The monoisotopic (exact) mass is 158 g/mol. The van der Waals surface area contributed by atoms with Crippen molar-refractivity contribution >= 4 is 11.9 Å². The van der Waals surface area contributed by atoms with E-state index in [1.165, 1.54) is 0 Å². The van der Waals surface area contributed by atoms with Crippen molar-refractivity contribution in [1.29, 1.82) is 0 Å². The van der Waals surface area contributed by atoms with E-state index in [0.717, 1.165) is 0 Å². The van der Waals surface area contributed by atoms with E-state index >= 15 is 0 Å². The van der Waals surface area contributed by atoms with Gasteiger partial charge in [0.25, 0.3) is 0 Å². The first-order chi connectivity index (χ1) is 5.11. The minimum absolute atomic E-state index is 0.864. The number of hydrogen-bond donors (Lipinski definition) is 0. The van der Waals surface area contributed by atoms with Crippen molar-refractivity contribution in [3.8, 4) is 0 Å². The largest absolute Gasteiger partial charge is 0.418 e. The van der Waals surface area contributed by atoms with E-state index in [1.54, 1.807) is 0 Å². The summed E-state index contributed by atoms with van der Waals surface area (Å²) < 4.78 is 0. The van der Waals surface area contributed by atoms with Gasteiger partial charge in [0, 0.05) is 10.2 Å². The van der Waals surface area contributed by atoms with Gasteiger partial charge < -0.3 is 20.2 Å². The molecule has 0 fully saturated rings. The van der Waals surface area contributed by atoms with Gasteiger partial charge in [-0.15, -0.1) is 0 Å². The summed E-state index contributed by atoms with van der Waals surface area (Å²) in [7, 11) is 0. The Kier molecular flexibility index (Phi) is 1.46. The van der Waals surface area contributed by atoms with Crippen molar-refractivity contribution in [3.05, 3.63) is 20.2 Å². The molecule has 1 rings (SSSR count). The van der Waals surface area contributed by atoms with Gasteiger partial charge in [-0.25, -0.2) is 0 Å². The maximum Gasteiger partial charge on any atom is 0.418 e. The number of nitro groups is 2. The maximum absolute atomic E-state index is 9.85. The minimum Gasteiger partial charge on any atom is -0.417 e. The molecule has 0 aliphatic rings. The van der Waals surface area contributed by atoms with Gasteiger partial charge >= 0.3 is 11.9 Å². The smallest absolute Gasteiger partial charge is 0.417 e. The van der Waals surface area contributed by atoms with Crippen LogP contribution in [0.5, 0.6) is 0 Å². The lowest BCUT2D eigenvalue weighted by Crippen LogP contribution is -1.93. The van der Waals surface area contributed by atoms with Crippen LogP contribution in [-0.4, -0.2) is 20.0 Å². The lowest BCUT2D eigenvalue weighted by atomic mass is 11.0. The quantitative estimate of drug-likeness (QED) is 0.409. The zero-order valence-electron chi connectivity index (χ0n) is 4.87. The fraction of sp³-hybridized carbons (Fsp3) is 0. The van der Waals surface area contributed by atoms with Crippen LogP contribution >= 0.6 is 0 Å². The molecule has 1 aromatic heterocycles. The highest BCUT2D eigenvalue weighted by Crippen LogP contribution is 2.04. The fourth-order valence-electron chi connectivity index (χ4n) is 0.378. The fourth-order valence-corrected chi connectivity index (χ4v) is 0.378. The van der Waals surface area contributed by atoms with Gasteiger partial charge in [0.05, 0.1) is 0 Å². The summed E-state index contributed by atoms with van der Waals surface area (Å²) in [4.78, 5) is 20.7. The molecule has 0 aromatic carbocycles. The Morgan fingerprint density at radius 3 is 1.64 bits per heavy atom. The molecule has 1 aromatic rings. The molecular weight excluding hydrogens is 158 g/mol. The summed E-state index contributed by atoms with van der Waals surface area (Å²) in [5.41, 5.74) is 0. The molecule has 0 spiro atoms. The van der Waals surface area contributed by atoms with E-state index in [9.17, 15) is 20.2 Å². The van der Waals surface area contributed by atoms with Crippen LogP contribution in [0, 0.1) is 20.2 Å². The first-order valence-electron chi connectivity index (χ1n) is 2.27. The first-order valence-corrected chi connectivity index (χ1v) is 2.27. The van der Waals surface area contributed by atoms with Gasteiger partial charge in [-0.1, -0.05) is 14.8 Å². The molecular formula is C2N5O4-. The van der Waals surface area contributed by atoms with Gasteiger partial charge in [-0.2, -0.15) is 0 Å². The molecule has 0 saturated heterocycles. The van der Waals surface area contributed by atoms with Crippen molar-refractivity contribution in [2.45, 2.75) is 0 Å². The van der Waals surface area contributed by atoms with E-state index in [1.807, 2.05) is 0 Å². The Morgan fingerprint density at radius 2 is 1.45 bits per heavy atom. The summed E-state index contributed by atoms with van der Waals surface area (Å²) in [6.45, 7) is 0. The number of rotatable bonds is 2. The second kappa shape index (κ2) is 2.28. The van der Waals surface area contributed by atoms with Crippen molar-refractivity contribution in [1.82, 2.24) is 15.2 Å². The summed E-state index contributed by atoms with van der Waals surface area (Å²) in [5, 5.41) is 25.4. The summed E-state index contributed by atoms with van der Waals surface area (Å²) >= 11 is 0. The van der Waals surface area contributed by atoms with Crippen molar-refractivity contribution in [2.75, 3.05) is 0 Å². The highest BCUT2D eigenvalue weighted by Gasteiger charge is 2.15. The number of aromatic nitrogens is 3. The Morgan fingerprint density at radius 1 is 1.09 bits per heavy atom. The van der Waals surface area contributed by atoms with E-state index in [-0.39, 0.29) is 0 Å². The molecule has 0 atom stereocenters. The average molecular weight is 158 g/mol. The molecule has 0 amide bonds. The molecule has 0 bridgehead atoms. The van der Waals surface area contributed by atoms with Gasteiger partial charge in [-0.3, -0.25) is 0 Å². The molecule has 0 unspecified atom stereocenters. The van der Waals surface area contributed by atoms with Gasteiger partial charge in [0.2, 0.25) is 0 Å². The lowest BCUT2D eigenvalue weighted by molar-refractivity contribution is -0.403. The predicted molar refractivity (Wildman–Crippen MR) is 28.7 cm³/mol. The molecule has 9 heteroatoms. The van der Waals surface area contributed by atoms with E-state index < -0.39 is 21.7 Å². The standard InChI is InChI=1S/C2N5O4/c8-6(9)1-3-2(5-4-1)7(10)11/q-1. The van der Waals surface area contributed by atoms with E-state index in [0.29, 0.717) is 0 Å². The Labute approximate surface area is 58.4 Å². The second-order valence-electron chi connectivity index (χ2n) is 1.43. The third-order valence-corrected chi connectivity index (χ3v) is 0.755. The molecule has 0 saturated carbocycles. The lowest BCUT2D eigenvalue weighted by Gasteiger charge is -1.88. The van der Waals surface area contributed by atoms with Gasteiger partial charge in [-0.05, 0) is 0 Å². The molecule has 0 N–H and O–H groups in total. The average Bonchev–Trinajstić information content (AvgIpc) is 2.33. The second-order valence-corrected chi connectivity index (χ2v) is 1.43. The third-order valence-electron chi connectivity index (χ3n) is 0.755. The minimum atomic E-state index is -0.958. The molecule has 0 radical (unpaired) electrons. The van der Waals surface area contributed by atoms with Crippen molar-refractivity contribution in [2.24, 2.45) is 0 Å². The van der Waals surface area contributed by atoms with Crippen LogP contribution in [0.15, 0.2) is 0 Å². The zero-order valence-corrected chi connectivity index (χ0v) is 4.87. The maximum atomic E-state index is 9.85. The normalized spacial score (nSPS) is 9.45. The molecule has 58 valence electrons. The Balaban J connectivity index is 2.99. The molecule has 9 nitrogen and oxygen atoms in total. The van der Waals surface area contributed by atoms with Crippen LogP contribution in [0.2, 0.25) is 0 Å². The number of nitrogens with zero attached hydrogens (tertiary/aromatic N) is 5. The van der Waals surface area contributed by atoms with E-state index in [4.69, 9.17) is 0 Å². The SMILES string of the molecule is O=[N+]([O-])c1nnc([N+](=O)[O-])[n-]1. The Hall–Kier alpha value is -2.06. The van der Waals surface area contributed by atoms with Crippen LogP contribution in [0.3, 0.4) is 0 Å². The van der Waals surface area contributed by atoms with Gasteiger partial charge in [0.1, 0.15) is 0 Å². The van der Waals surface area contributed by atoms with Crippen molar-refractivity contribution in [3.63, 3.8) is 0 Å². The van der Waals surface area contributed by atoms with Crippen LogP contribution in [0.4, 0.5) is 11.9 Å². The summed E-state index contributed by atoms with van der Waals surface area (Å²) in [6, 6.07) is 0. The van der Waals surface area contributed by atoms with Crippen LogP contribution in [0.25, 0.3) is 0 Å². The van der Waals surface area contributed by atoms with E-state index in [2.05, 4.69) is 15.2 Å². The number of hydrogen-bond acceptors (Lipinski definition) is 6. The van der Waals surface area contributed by atoms with Crippen LogP contribution in [-0.2, 0) is 0 Å². The summed E-state index contributed by atoms with van der Waals surface area (Å²) in [6.07, 6.45) is 0. The molecule has 11 heavy (non-hydrogen) atoms. The highest BCUT2D eigenvalue weighted by atomic mass is 16.6. The van der Waals surface area contributed by atoms with Gasteiger partial charge in [0.15, 0.2) is 0 Å². The molecule has 1 heterocycles. The first kappa shape index (κ1) is 7.05.